The smallest absolute Gasteiger partial charge is 0.337 e. The van der Waals surface area contributed by atoms with E-state index in [1.807, 2.05) is 6.07 Å². The maximum atomic E-state index is 12.7. The lowest BCUT2D eigenvalue weighted by atomic mass is 10.0. The predicted molar refractivity (Wildman–Crippen MR) is 106 cm³/mol. The van der Waals surface area contributed by atoms with Gasteiger partial charge in [-0.2, -0.15) is 0 Å². The highest BCUT2D eigenvalue weighted by Crippen LogP contribution is 2.22. The van der Waals surface area contributed by atoms with E-state index < -0.39 is 5.97 Å². The fourth-order valence-corrected chi connectivity index (χ4v) is 3.42. The van der Waals surface area contributed by atoms with E-state index in [2.05, 4.69) is 35.3 Å². The van der Waals surface area contributed by atoms with E-state index in [-0.39, 0.29) is 11.9 Å². The SMILES string of the molecule is COC(=O)c1cccc(C(=O)NCC(c2cccc(C)c2)N2CCOCC2)c1. The molecule has 3 rings (SSSR count). The van der Waals surface area contributed by atoms with Gasteiger partial charge in [0, 0.05) is 25.2 Å². The van der Waals surface area contributed by atoms with Crippen LogP contribution in [-0.4, -0.2) is 56.7 Å². The second-order valence-electron chi connectivity index (χ2n) is 6.86. The van der Waals surface area contributed by atoms with E-state index in [1.165, 1.54) is 18.2 Å². The lowest BCUT2D eigenvalue weighted by Gasteiger charge is -2.35. The molecular formula is C22H26N2O4. The Bertz CT molecular complexity index is 831. The molecule has 0 saturated carbocycles. The molecule has 0 bridgehead atoms. The number of ether oxygens (including phenoxy) is 2. The number of nitrogens with zero attached hydrogens (tertiary/aromatic N) is 1. The Balaban J connectivity index is 1.74. The number of benzene rings is 2. The lowest BCUT2D eigenvalue weighted by molar-refractivity contribution is 0.0162. The molecule has 1 fully saturated rings. The van der Waals surface area contributed by atoms with Crippen molar-refractivity contribution in [3.8, 4) is 0 Å². The summed E-state index contributed by atoms with van der Waals surface area (Å²) < 4.78 is 10.2. The highest BCUT2D eigenvalue weighted by molar-refractivity contribution is 5.97. The molecule has 2 aromatic carbocycles. The average molecular weight is 382 g/mol. The Morgan fingerprint density at radius 3 is 2.54 bits per heavy atom. The van der Waals surface area contributed by atoms with Crippen LogP contribution in [0.4, 0.5) is 0 Å². The Morgan fingerprint density at radius 1 is 1.11 bits per heavy atom. The van der Waals surface area contributed by atoms with Gasteiger partial charge in [-0.05, 0) is 30.7 Å². The van der Waals surface area contributed by atoms with E-state index in [9.17, 15) is 9.59 Å². The van der Waals surface area contributed by atoms with Gasteiger partial charge < -0.3 is 14.8 Å². The van der Waals surface area contributed by atoms with Crippen molar-refractivity contribution in [2.24, 2.45) is 0 Å². The first kappa shape index (κ1) is 20.0. The normalized spacial score (nSPS) is 15.6. The zero-order chi connectivity index (χ0) is 19.9. The van der Waals surface area contributed by atoms with E-state index in [0.29, 0.717) is 30.9 Å². The average Bonchev–Trinajstić information content (AvgIpc) is 2.74. The molecule has 1 aliphatic heterocycles. The number of amides is 1. The van der Waals surface area contributed by atoms with Crippen LogP contribution in [-0.2, 0) is 9.47 Å². The van der Waals surface area contributed by atoms with Crippen LogP contribution in [0.25, 0.3) is 0 Å². The number of carbonyl (C=O) groups excluding carboxylic acids is 2. The number of hydrogen-bond donors (Lipinski definition) is 1. The van der Waals surface area contributed by atoms with Crippen LogP contribution in [0.15, 0.2) is 48.5 Å². The zero-order valence-corrected chi connectivity index (χ0v) is 16.3. The Kier molecular flexibility index (Phi) is 6.79. The van der Waals surface area contributed by atoms with Crippen molar-refractivity contribution in [2.45, 2.75) is 13.0 Å². The molecular weight excluding hydrogens is 356 g/mol. The first-order chi connectivity index (χ1) is 13.6. The Morgan fingerprint density at radius 2 is 1.82 bits per heavy atom. The van der Waals surface area contributed by atoms with Gasteiger partial charge in [0.2, 0.25) is 0 Å². The molecule has 1 atom stereocenters. The van der Waals surface area contributed by atoms with Gasteiger partial charge in [0.05, 0.1) is 31.9 Å². The maximum absolute atomic E-state index is 12.7. The summed E-state index contributed by atoms with van der Waals surface area (Å²) in [5.41, 5.74) is 3.16. The highest BCUT2D eigenvalue weighted by atomic mass is 16.5. The molecule has 1 heterocycles. The fraction of sp³-hybridized carbons (Fsp3) is 0.364. The molecule has 1 N–H and O–H groups in total. The fourth-order valence-electron chi connectivity index (χ4n) is 3.42. The number of nitrogens with one attached hydrogen (secondary N) is 1. The molecule has 28 heavy (non-hydrogen) atoms. The molecule has 0 aromatic heterocycles. The van der Waals surface area contributed by atoms with Crippen molar-refractivity contribution in [1.82, 2.24) is 10.2 Å². The summed E-state index contributed by atoms with van der Waals surface area (Å²) in [6.07, 6.45) is 0. The summed E-state index contributed by atoms with van der Waals surface area (Å²) >= 11 is 0. The minimum Gasteiger partial charge on any atom is -0.465 e. The van der Waals surface area contributed by atoms with Gasteiger partial charge in [0.1, 0.15) is 0 Å². The standard InChI is InChI=1S/C22H26N2O4/c1-16-5-3-6-17(13-16)20(24-9-11-28-12-10-24)15-23-21(25)18-7-4-8-19(14-18)22(26)27-2/h3-8,13-14,20H,9-12,15H2,1-2H3,(H,23,25). The molecule has 0 aliphatic carbocycles. The molecule has 6 nitrogen and oxygen atoms in total. The number of hydrogen-bond acceptors (Lipinski definition) is 5. The van der Waals surface area contributed by atoms with Gasteiger partial charge in [-0.1, -0.05) is 35.9 Å². The second-order valence-corrected chi connectivity index (χ2v) is 6.86. The Labute approximate surface area is 165 Å². The first-order valence-corrected chi connectivity index (χ1v) is 9.43. The number of morpholine rings is 1. The van der Waals surface area contributed by atoms with Crippen LogP contribution in [0.2, 0.25) is 0 Å². The number of methoxy groups -OCH3 is 1. The van der Waals surface area contributed by atoms with Crippen LogP contribution >= 0.6 is 0 Å². The predicted octanol–water partition coefficient (Wildman–Crippen LogP) is 2.58. The number of aryl methyl sites for hydroxylation is 1. The summed E-state index contributed by atoms with van der Waals surface area (Å²) in [4.78, 5) is 26.7. The summed E-state index contributed by atoms with van der Waals surface area (Å²) in [5.74, 6) is -0.669. The van der Waals surface area contributed by atoms with Crippen LogP contribution in [0.1, 0.15) is 37.9 Å². The van der Waals surface area contributed by atoms with Gasteiger partial charge in [-0.3, -0.25) is 9.69 Å². The second kappa shape index (κ2) is 9.48. The summed E-state index contributed by atoms with van der Waals surface area (Å²) in [7, 11) is 1.32. The van der Waals surface area contributed by atoms with Gasteiger partial charge >= 0.3 is 5.97 Å². The number of esters is 1. The maximum Gasteiger partial charge on any atom is 0.337 e. The molecule has 6 heteroatoms. The molecule has 1 unspecified atom stereocenters. The molecule has 0 spiro atoms. The minimum atomic E-state index is -0.458. The molecule has 1 saturated heterocycles. The summed E-state index contributed by atoms with van der Waals surface area (Å²) in [6.45, 7) is 5.58. The third-order valence-corrected chi connectivity index (χ3v) is 4.92. The van der Waals surface area contributed by atoms with Crippen molar-refractivity contribution in [1.29, 1.82) is 0 Å². The molecule has 1 amide bonds. The third kappa shape index (κ3) is 4.97. The Hall–Kier alpha value is -2.70. The third-order valence-electron chi connectivity index (χ3n) is 4.92. The molecule has 148 valence electrons. The lowest BCUT2D eigenvalue weighted by Crippen LogP contribution is -2.43. The monoisotopic (exact) mass is 382 g/mol. The topological polar surface area (TPSA) is 67.9 Å². The summed E-state index contributed by atoms with van der Waals surface area (Å²) in [5, 5.41) is 3.02. The zero-order valence-electron chi connectivity index (χ0n) is 16.3. The van der Waals surface area contributed by atoms with E-state index >= 15 is 0 Å². The van der Waals surface area contributed by atoms with E-state index in [0.717, 1.165) is 13.1 Å². The number of rotatable bonds is 6. The van der Waals surface area contributed by atoms with Gasteiger partial charge in [-0.25, -0.2) is 4.79 Å². The number of carbonyl (C=O) groups is 2. The van der Waals surface area contributed by atoms with Crippen molar-refractivity contribution in [3.63, 3.8) is 0 Å². The van der Waals surface area contributed by atoms with Crippen molar-refractivity contribution < 1.29 is 19.1 Å². The largest absolute Gasteiger partial charge is 0.465 e. The quantitative estimate of drug-likeness (QED) is 0.778. The van der Waals surface area contributed by atoms with Crippen molar-refractivity contribution in [3.05, 3.63) is 70.8 Å². The van der Waals surface area contributed by atoms with Crippen molar-refractivity contribution >= 4 is 11.9 Å². The van der Waals surface area contributed by atoms with E-state index in [1.54, 1.807) is 24.3 Å². The molecule has 2 aromatic rings. The van der Waals surface area contributed by atoms with Crippen LogP contribution in [0, 0.1) is 6.92 Å². The highest BCUT2D eigenvalue weighted by Gasteiger charge is 2.23. The van der Waals surface area contributed by atoms with Gasteiger partial charge in [-0.15, -0.1) is 0 Å². The van der Waals surface area contributed by atoms with Gasteiger partial charge in [0.25, 0.3) is 5.91 Å². The van der Waals surface area contributed by atoms with Crippen LogP contribution in [0.5, 0.6) is 0 Å². The first-order valence-electron chi connectivity index (χ1n) is 9.43. The van der Waals surface area contributed by atoms with Gasteiger partial charge in [0.15, 0.2) is 0 Å². The summed E-state index contributed by atoms with van der Waals surface area (Å²) in [6, 6.07) is 15.0. The molecule has 0 radical (unpaired) electrons. The van der Waals surface area contributed by atoms with Crippen LogP contribution in [0.3, 0.4) is 0 Å². The van der Waals surface area contributed by atoms with Crippen LogP contribution < -0.4 is 5.32 Å². The minimum absolute atomic E-state index is 0.0662. The van der Waals surface area contributed by atoms with E-state index in [4.69, 9.17) is 9.47 Å². The molecule has 1 aliphatic rings. The van der Waals surface area contributed by atoms with Crippen molar-refractivity contribution in [2.75, 3.05) is 40.0 Å².